The van der Waals surface area contributed by atoms with Crippen LogP contribution in [0.15, 0.2) is 24.3 Å². The van der Waals surface area contributed by atoms with Crippen molar-refractivity contribution >= 4 is 58.9 Å². The Bertz CT molecular complexity index is 752. The molecule has 0 aliphatic carbocycles. The van der Waals surface area contributed by atoms with Gasteiger partial charge in [0.1, 0.15) is 10.6 Å². The van der Waals surface area contributed by atoms with Gasteiger partial charge in [0.05, 0.1) is 11.5 Å². The number of carbonyl (C=O) groups excluding carboxylic acids is 4. The van der Waals surface area contributed by atoms with E-state index in [0.29, 0.717) is 25.1 Å². The van der Waals surface area contributed by atoms with E-state index >= 15 is 0 Å². The van der Waals surface area contributed by atoms with Gasteiger partial charge in [0.2, 0.25) is 5.91 Å². The SMILES string of the molecule is CC(=O)SCC(=O)Oc1ccc(CCC2(C(=O)CS)SCCN2C(C)=O)cc1. The molecule has 152 valence electrons. The van der Waals surface area contributed by atoms with Gasteiger partial charge in [0.15, 0.2) is 10.9 Å². The monoisotopic (exact) mass is 441 g/mol. The second kappa shape index (κ2) is 10.4. The highest BCUT2D eigenvalue weighted by atomic mass is 32.2. The van der Waals surface area contributed by atoms with Crippen molar-refractivity contribution in [2.75, 3.05) is 23.8 Å². The van der Waals surface area contributed by atoms with Crippen LogP contribution in [0.5, 0.6) is 5.75 Å². The lowest BCUT2D eigenvalue weighted by molar-refractivity contribution is -0.138. The van der Waals surface area contributed by atoms with Gasteiger partial charge >= 0.3 is 5.97 Å². The molecule has 0 spiro atoms. The van der Waals surface area contributed by atoms with Crippen LogP contribution in [0.25, 0.3) is 0 Å². The van der Waals surface area contributed by atoms with Crippen molar-refractivity contribution in [3.8, 4) is 5.75 Å². The van der Waals surface area contributed by atoms with E-state index in [1.807, 2.05) is 12.1 Å². The van der Waals surface area contributed by atoms with Gasteiger partial charge in [-0.2, -0.15) is 12.6 Å². The molecule has 1 atom stereocenters. The third-order valence-electron chi connectivity index (χ3n) is 4.35. The maximum Gasteiger partial charge on any atom is 0.321 e. The van der Waals surface area contributed by atoms with E-state index in [9.17, 15) is 19.2 Å². The van der Waals surface area contributed by atoms with Crippen LogP contribution in [0.4, 0.5) is 0 Å². The number of benzene rings is 1. The van der Waals surface area contributed by atoms with E-state index in [0.717, 1.165) is 23.1 Å². The molecule has 6 nitrogen and oxygen atoms in total. The van der Waals surface area contributed by atoms with Crippen LogP contribution in [0.2, 0.25) is 0 Å². The average Bonchev–Trinajstić information content (AvgIpc) is 3.10. The predicted octanol–water partition coefficient (Wildman–Crippen LogP) is 2.59. The number of amides is 1. The third-order valence-corrected chi connectivity index (χ3v) is 6.94. The maximum absolute atomic E-state index is 12.6. The second-order valence-corrected chi connectivity index (χ2v) is 9.12. The Morgan fingerprint density at radius 2 is 1.89 bits per heavy atom. The highest BCUT2D eigenvalue weighted by molar-refractivity contribution is 8.14. The van der Waals surface area contributed by atoms with Gasteiger partial charge in [-0.15, -0.1) is 11.8 Å². The molecule has 1 aromatic rings. The highest BCUT2D eigenvalue weighted by Gasteiger charge is 2.48. The normalized spacial score (nSPS) is 18.8. The smallest absolute Gasteiger partial charge is 0.321 e. The first-order chi connectivity index (χ1) is 13.3. The maximum atomic E-state index is 12.6. The number of thioether (sulfide) groups is 2. The number of hydrogen-bond acceptors (Lipinski definition) is 8. The zero-order valence-corrected chi connectivity index (χ0v) is 18.3. The van der Waals surface area contributed by atoms with Gasteiger partial charge in [0.25, 0.3) is 0 Å². The molecule has 0 N–H and O–H groups in total. The number of hydrogen-bond donors (Lipinski definition) is 1. The fourth-order valence-electron chi connectivity index (χ4n) is 3.04. The summed E-state index contributed by atoms with van der Waals surface area (Å²) in [6.45, 7) is 3.44. The number of nitrogens with zero attached hydrogens (tertiary/aromatic N) is 1. The first-order valence-corrected chi connectivity index (χ1v) is 11.4. The van der Waals surface area contributed by atoms with E-state index in [2.05, 4.69) is 12.6 Å². The lowest BCUT2D eigenvalue weighted by atomic mass is 10.0. The predicted molar refractivity (Wildman–Crippen MR) is 115 cm³/mol. The van der Waals surface area contributed by atoms with E-state index < -0.39 is 10.8 Å². The molecular formula is C19H23NO5S3. The molecule has 0 aromatic heterocycles. The lowest BCUT2D eigenvalue weighted by Crippen LogP contribution is -2.51. The highest BCUT2D eigenvalue weighted by Crippen LogP contribution is 2.41. The van der Waals surface area contributed by atoms with Crippen LogP contribution in [0.3, 0.4) is 0 Å². The van der Waals surface area contributed by atoms with Crippen molar-refractivity contribution in [2.24, 2.45) is 0 Å². The van der Waals surface area contributed by atoms with E-state index in [1.54, 1.807) is 17.0 Å². The summed E-state index contributed by atoms with van der Waals surface area (Å²) in [6, 6.07) is 7.03. The molecule has 1 amide bonds. The van der Waals surface area contributed by atoms with Gasteiger partial charge in [-0.25, -0.2) is 0 Å². The molecule has 0 saturated carbocycles. The molecule has 1 aromatic carbocycles. The van der Waals surface area contributed by atoms with Gasteiger partial charge in [-0.3, -0.25) is 19.2 Å². The number of esters is 1. The molecule has 28 heavy (non-hydrogen) atoms. The molecule has 0 bridgehead atoms. The van der Waals surface area contributed by atoms with Crippen molar-refractivity contribution in [3.63, 3.8) is 0 Å². The van der Waals surface area contributed by atoms with Crippen molar-refractivity contribution < 1.29 is 23.9 Å². The number of Topliss-reactive ketones (excluding diaryl/α,β-unsaturated/α-hetero) is 1. The van der Waals surface area contributed by atoms with Crippen LogP contribution < -0.4 is 4.74 Å². The number of thiol groups is 1. The van der Waals surface area contributed by atoms with Crippen LogP contribution in [0, 0.1) is 0 Å². The minimum Gasteiger partial charge on any atom is -0.426 e. The first kappa shape index (κ1) is 22.8. The molecule has 0 radical (unpaired) electrons. The first-order valence-electron chi connectivity index (χ1n) is 8.78. The fraction of sp³-hybridized carbons (Fsp3) is 0.474. The topological polar surface area (TPSA) is 80.8 Å². The Kier molecular flexibility index (Phi) is 8.45. The number of aryl methyl sites for hydroxylation is 1. The molecule has 1 saturated heterocycles. The number of carbonyl (C=O) groups is 4. The molecule has 1 aliphatic heterocycles. The lowest BCUT2D eigenvalue weighted by Gasteiger charge is -2.35. The fourth-order valence-corrected chi connectivity index (χ4v) is 5.25. The van der Waals surface area contributed by atoms with Gasteiger partial charge in [-0.05, 0) is 30.5 Å². The Morgan fingerprint density at radius 1 is 1.21 bits per heavy atom. The molecular weight excluding hydrogens is 418 g/mol. The van der Waals surface area contributed by atoms with E-state index in [4.69, 9.17) is 4.74 Å². The summed E-state index contributed by atoms with van der Waals surface area (Å²) in [6.07, 6.45) is 1.11. The summed E-state index contributed by atoms with van der Waals surface area (Å²) >= 11 is 6.55. The summed E-state index contributed by atoms with van der Waals surface area (Å²) < 4.78 is 5.19. The Morgan fingerprint density at radius 3 is 2.46 bits per heavy atom. The summed E-state index contributed by atoms with van der Waals surface area (Å²) in [7, 11) is 0. The number of rotatable bonds is 8. The van der Waals surface area contributed by atoms with E-state index in [-0.39, 0.29) is 28.3 Å². The zero-order valence-electron chi connectivity index (χ0n) is 15.8. The van der Waals surface area contributed by atoms with Crippen molar-refractivity contribution in [3.05, 3.63) is 29.8 Å². The van der Waals surface area contributed by atoms with Crippen molar-refractivity contribution in [2.45, 2.75) is 31.6 Å². The Hall–Kier alpha value is -1.45. The largest absolute Gasteiger partial charge is 0.426 e. The summed E-state index contributed by atoms with van der Waals surface area (Å²) in [4.78, 5) is 47.9. The second-order valence-electron chi connectivity index (χ2n) is 6.28. The summed E-state index contributed by atoms with van der Waals surface area (Å²) in [5, 5.41) is -0.138. The van der Waals surface area contributed by atoms with Crippen LogP contribution >= 0.6 is 36.2 Å². The molecule has 1 aliphatic rings. The van der Waals surface area contributed by atoms with Gasteiger partial charge < -0.3 is 9.64 Å². The number of ether oxygens (including phenoxy) is 1. The molecule has 1 fully saturated rings. The quantitative estimate of drug-likeness (QED) is 0.377. The molecule has 9 heteroatoms. The third kappa shape index (κ3) is 5.78. The minimum absolute atomic E-state index is 0.0243. The van der Waals surface area contributed by atoms with Gasteiger partial charge in [0, 0.05) is 26.1 Å². The van der Waals surface area contributed by atoms with Gasteiger partial charge in [-0.1, -0.05) is 23.9 Å². The summed E-state index contributed by atoms with van der Waals surface area (Å²) in [5.74, 6) is 0.554. The van der Waals surface area contributed by atoms with Crippen molar-refractivity contribution in [1.82, 2.24) is 4.90 Å². The number of ketones is 1. The minimum atomic E-state index is -0.858. The molecule has 1 unspecified atom stereocenters. The van der Waals surface area contributed by atoms with Crippen LogP contribution in [-0.2, 0) is 25.6 Å². The van der Waals surface area contributed by atoms with Crippen LogP contribution in [-0.4, -0.2) is 56.3 Å². The standard InChI is InChI=1S/C19H23NO5S3/c1-13(21)20-9-10-28-19(20,17(23)11-26)8-7-15-3-5-16(6-4-15)25-18(24)12-27-14(2)22/h3-6,26H,7-12H2,1-2H3. The van der Waals surface area contributed by atoms with Crippen LogP contribution in [0.1, 0.15) is 25.8 Å². The Labute approximate surface area is 178 Å². The molecule has 2 rings (SSSR count). The average molecular weight is 442 g/mol. The Balaban J connectivity index is 2.01. The zero-order chi connectivity index (χ0) is 20.7. The van der Waals surface area contributed by atoms with E-state index in [1.165, 1.54) is 25.6 Å². The van der Waals surface area contributed by atoms with Crippen molar-refractivity contribution in [1.29, 1.82) is 0 Å². The molecule has 1 heterocycles. The summed E-state index contributed by atoms with van der Waals surface area (Å²) in [5.41, 5.74) is 0.972.